The lowest BCUT2D eigenvalue weighted by atomic mass is 10.0. The molecule has 0 spiro atoms. The maximum absolute atomic E-state index is 6.18. The highest BCUT2D eigenvalue weighted by Gasteiger charge is 2.13. The topological polar surface area (TPSA) is 18.5 Å². The van der Waals surface area contributed by atoms with E-state index in [0.717, 1.165) is 74.0 Å². The Bertz CT molecular complexity index is 654. The molecule has 0 saturated carbocycles. The Labute approximate surface area is 157 Å². The van der Waals surface area contributed by atoms with Crippen LogP contribution < -0.4 is 9.47 Å². The van der Waals surface area contributed by atoms with Gasteiger partial charge in [0.15, 0.2) is 0 Å². The number of fused-ring (bicyclic) bond motifs is 1. The lowest BCUT2D eigenvalue weighted by Gasteiger charge is -2.17. The van der Waals surface area contributed by atoms with Gasteiger partial charge in [0, 0.05) is 16.1 Å². The number of ether oxygens (including phenoxy) is 2. The van der Waals surface area contributed by atoms with Crippen LogP contribution in [0.2, 0.25) is 0 Å². The van der Waals surface area contributed by atoms with Crippen LogP contribution in [0.1, 0.15) is 58.4 Å². The maximum Gasteiger partial charge on any atom is 0.130 e. The molecule has 2 aromatic carbocycles. The van der Waals surface area contributed by atoms with E-state index < -0.39 is 0 Å². The summed E-state index contributed by atoms with van der Waals surface area (Å²) in [4.78, 5) is 0. The summed E-state index contributed by atoms with van der Waals surface area (Å²) < 4.78 is 12.2. The number of halogens is 1. The van der Waals surface area contributed by atoms with Gasteiger partial charge in [-0.1, -0.05) is 45.0 Å². The molecule has 0 aliphatic carbocycles. The SMILES string of the molecule is CCCOc1c(CC)cc(OCCCCC(Cl)CC)c2ccccc12. The number of rotatable bonds is 11. The summed E-state index contributed by atoms with van der Waals surface area (Å²) in [6.45, 7) is 7.91. The average Bonchev–Trinajstić information content (AvgIpc) is 2.65. The molecule has 0 radical (unpaired) electrons. The number of aryl methyl sites for hydroxylation is 1. The molecule has 2 nitrogen and oxygen atoms in total. The second kappa shape index (κ2) is 10.6. The van der Waals surface area contributed by atoms with Crippen molar-refractivity contribution in [2.24, 2.45) is 0 Å². The van der Waals surface area contributed by atoms with Crippen molar-refractivity contribution in [3.8, 4) is 11.5 Å². The molecular formula is C22H31ClO2. The van der Waals surface area contributed by atoms with Gasteiger partial charge in [-0.3, -0.25) is 0 Å². The summed E-state index contributed by atoms with van der Waals surface area (Å²) in [6.07, 6.45) is 6.18. The molecule has 2 rings (SSSR count). The van der Waals surface area contributed by atoms with Crippen LogP contribution in [0, 0.1) is 0 Å². The molecule has 0 aliphatic rings. The number of unbranched alkanes of at least 4 members (excludes halogenated alkanes) is 1. The average molecular weight is 363 g/mol. The van der Waals surface area contributed by atoms with Gasteiger partial charge in [-0.25, -0.2) is 0 Å². The van der Waals surface area contributed by atoms with E-state index in [0.29, 0.717) is 5.38 Å². The highest BCUT2D eigenvalue weighted by atomic mass is 35.5. The minimum absolute atomic E-state index is 0.294. The fourth-order valence-corrected chi connectivity index (χ4v) is 3.14. The second-order valence-electron chi connectivity index (χ2n) is 6.46. The van der Waals surface area contributed by atoms with E-state index in [4.69, 9.17) is 21.1 Å². The van der Waals surface area contributed by atoms with Crippen LogP contribution >= 0.6 is 11.6 Å². The van der Waals surface area contributed by atoms with E-state index in [9.17, 15) is 0 Å². The molecule has 138 valence electrons. The van der Waals surface area contributed by atoms with Crippen molar-refractivity contribution in [2.45, 2.75) is 64.7 Å². The molecule has 0 N–H and O–H groups in total. The Morgan fingerprint density at radius 2 is 1.72 bits per heavy atom. The van der Waals surface area contributed by atoms with Gasteiger partial charge in [0.2, 0.25) is 0 Å². The second-order valence-corrected chi connectivity index (χ2v) is 7.08. The lowest BCUT2D eigenvalue weighted by molar-refractivity contribution is 0.304. The lowest BCUT2D eigenvalue weighted by Crippen LogP contribution is -2.04. The summed E-state index contributed by atoms with van der Waals surface area (Å²) >= 11 is 6.18. The van der Waals surface area contributed by atoms with Gasteiger partial charge in [0.25, 0.3) is 0 Å². The first-order chi connectivity index (χ1) is 12.2. The monoisotopic (exact) mass is 362 g/mol. The molecule has 0 amide bonds. The minimum atomic E-state index is 0.294. The summed E-state index contributed by atoms with van der Waals surface area (Å²) in [5, 5.41) is 2.58. The summed E-state index contributed by atoms with van der Waals surface area (Å²) in [7, 11) is 0. The number of hydrogen-bond donors (Lipinski definition) is 0. The molecule has 0 fully saturated rings. The molecule has 25 heavy (non-hydrogen) atoms. The van der Waals surface area contributed by atoms with Gasteiger partial charge in [0.05, 0.1) is 13.2 Å². The fourth-order valence-electron chi connectivity index (χ4n) is 2.98. The zero-order valence-electron chi connectivity index (χ0n) is 15.8. The van der Waals surface area contributed by atoms with Crippen molar-refractivity contribution >= 4 is 22.4 Å². The third kappa shape index (κ3) is 5.54. The van der Waals surface area contributed by atoms with Crippen molar-refractivity contribution in [1.82, 2.24) is 0 Å². The first-order valence-electron chi connectivity index (χ1n) is 9.65. The van der Waals surface area contributed by atoms with E-state index in [1.165, 1.54) is 5.56 Å². The largest absolute Gasteiger partial charge is 0.493 e. The number of hydrogen-bond acceptors (Lipinski definition) is 2. The fraction of sp³-hybridized carbons (Fsp3) is 0.545. The van der Waals surface area contributed by atoms with Crippen LogP contribution in [0.25, 0.3) is 10.8 Å². The Morgan fingerprint density at radius 3 is 2.40 bits per heavy atom. The maximum atomic E-state index is 6.18. The molecule has 2 aromatic rings. The van der Waals surface area contributed by atoms with Gasteiger partial charge >= 0.3 is 0 Å². The Morgan fingerprint density at radius 1 is 0.960 bits per heavy atom. The molecule has 0 aliphatic heterocycles. The number of benzene rings is 2. The third-order valence-corrected chi connectivity index (χ3v) is 5.00. The first kappa shape index (κ1) is 19.9. The van der Waals surface area contributed by atoms with Crippen LogP contribution in [-0.4, -0.2) is 18.6 Å². The van der Waals surface area contributed by atoms with E-state index >= 15 is 0 Å². The van der Waals surface area contributed by atoms with Crippen LogP contribution in [-0.2, 0) is 6.42 Å². The normalized spacial score (nSPS) is 12.3. The van der Waals surface area contributed by atoms with Crippen LogP contribution in [0.15, 0.2) is 30.3 Å². The standard InChI is InChI=1S/C22H31ClO2/c1-4-14-25-22-17(5-2)16-21(19-12-7-8-13-20(19)22)24-15-10-9-11-18(23)6-3/h7-8,12-13,16,18H,4-6,9-11,14-15H2,1-3H3. The van der Waals surface area contributed by atoms with Crippen molar-refractivity contribution in [3.05, 3.63) is 35.9 Å². The Hall–Kier alpha value is -1.41. The van der Waals surface area contributed by atoms with Crippen molar-refractivity contribution in [3.63, 3.8) is 0 Å². The van der Waals surface area contributed by atoms with E-state index in [1.54, 1.807) is 0 Å². The van der Waals surface area contributed by atoms with Crippen LogP contribution in [0.4, 0.5) is 0 Å². The first-order valence-corrected chi connectivity index (χ1v) is 10.1. The van der Waals surface area contributed by atoms with Crippen molar-refractivity contribution in [1.29, 1.82) is 0 Å². The van der Waals surface area contributed by atoms with Crippen LogP contribution in [0.5, 0.6) is 11.5 Å². The Kier molecular flexibility index (Phi) is 8.40. The molecule has 3 heteroatoms. The van der Waals surface area contributed by atoms with Gasteiger partial charge in [0.1, 0.15) is 11.5 Å². The van der Waals surface area contributed by atoms with Crippen LogP contribution in [0.3, 0.4) is 0 Å². The van der Waals surface area contributed by atoms with Gasteiger partial charge in [-0.2, -0.15) is 0 Å². The predicted molar refractivity (Wildman–Crippen MR) is 108 cm³/mol. The van der Waals surface area contributed by atoms with E-state index in [1.807, 2.05) is 0 Å². The van der Waals surface area contributed by atoms with Crippen molar-refractivity contribution < 1.29 is 9.47 Å². The molecule has 1 atom stereocenters. The summed E-state index contributed by atoms with van der Waals surface area (Å²) in [6, 6.07) is 10.5. The molecular weight excluding hydrogens is 332 g/mol. The quantitative estimate of drug-likeness (QED) is 0.325. The predicted octanol–water partition coefficient (Wildman–Crippen LogP) is 6.76. The molecule has 0 bridgehead atoms. The van der Waals surface area contributed by atoms with Gasteiger partial charge < -0.3 is 9.47 Å². The highest BCUT2D eigenvalue weighted by molar-refractivity contribution is 6.20. The summed E-state index contributed by atoms with van der Waals surface area (Å²) in [5.41, 5.74) is 1.22. The van der Waals surface area contributed by atoms with E-state index in [-0.39, 0.29) is 0 Å². The third-order valence-electron chi connectivity index (χ3n) is 4.48. The minimum Gasteiger partial charge on any atom is -0.493 e. The van der Waals surface area contributed by atoms with E-state index in [2.05, 4.69) is 51.1 Å². The Balaban J connectivity index is 2.14. The van der Waals surface area contributed by atoms with Gasteiger partial charge in [-0.15, -0.1) is 11.6 Å². The highest BCUT2D eigenvalue weighted by Crippen LogP contribution is 2.37. The molecule has 0 heterocycles. The summed E-state index contributed by atoms with van der Waals surface area (Å²) in [5.74, 6) is 1.98. The molecule has 0 aromatic heterocycles. The van der Waals surface area contributed by atoms with Gasteiger partial charge in [-0.05, 0) is 50.2 Å². The number of alkyl halides is 1. The zero-order chi connectivity index (χ0) is 18.1. The molecule has 1 unspecified atom stereocenters. The molecule has 0 saturated heterocycles. The zero-order valence-corrected chi connectivity index (χ0v) is 16.6. The van der Waals surface area contributed by atoms with Crippen molar-refractivity contribution in [2.75, 3.05) is 13.2 Å². The smallest absolute Gasteiger partial charge is 0.130 e.